The van der Waals surface area contributed by atoms with Gasteiger partial charge in [0.25, 0.3) is 0 Å². The fourth-order valence-corrected chi connectivity index (χ4v) is 2.06. The Hall–Kier alpha value is -2.59. The molecule has 0 radical (unpaired) electrons. The van der Waals surface area contributed by atoms with Gasteiger partial charge in [0.1, 0.15) is 5.75 Å². The Labute approximate surface area is 131 Å². The fourth-order valence-electron chi connectivity index (χ4n) is 1.93. The molecule has 0 amide bonds. The number of hydrogen-bond donors (Lipinski definition) is 1. The number of ether oxygens (including phenoxy) is 1. The van der Waals surface area contributed by atoms with Crippen molar-refractivity contribution in [3.63, 3.8) is 0 Å². The largest absolute Gasteiger partial charge is 0.505 e. The summed E-state index contributed by atoms with van der Waals surface area (Å²) in [5, 5.41) is 10.00. The Morgan fingerprint density at radius 1 is 1.00 bits per heavy atom. The molecule has 1 heterocycles. The van der Waals surface area contributed by atoms with Gasteiger partial charge >= 0.3 is 0 Å². The molecule has 0 fully saturated rings. The van der Waals surface area contributed by atoms with Crippen LogP contribution in [0.2, 0.25) is 5.02 Å². The highest BCUT2D eigenvalue weighted by Crippen LogP contribution is 2.27. The van der Waals surface area contributed by atoms with Gasteiger partial charge in [0.2, 0.25) is 5.88 Å². The van der Waals surface area contributed by atoms with Gasteiger partial charge in [0.15, 0.2) is 11.6 Å². The third kappa shape index (κ3) is 3.18. The van der Waals surface area contributed by atoms with Crippen molar-refractivity contribution in [2.45, 2.75) is 0 Å². The van der Waals surface area contributed by atoms with Crippen molar-refractivity contribution in [3.05, 3.63) is 71.5 Å². The summed E-state index contributed by atoms with van der Waals surface area (Å²) in [6.45, 7) is 0. The molecule has 1 N–H and O–H groups in total. The van der Waals surface area contributed by atoms with Gasteiger partial charge in [-0.1, -0.05) is 29.8 Å². The van der Waals surface area contributed by atoms with Crippen LogP contribution in [0, 0.1) is 5.82 Å². The Balaban J connectivity index is 1.87. The molecule has 0 bridgehead atoms. The van der Waals surface area contributed by atoms with Gasteiger partial charge in [-0.15, -0.1) is 0 Å². The van der Waals surface area contributed by atoms with Crippen LogP contribution in [0.4, 0.5) is 4.39 Å². The first kappa shape index (κ1) is 14.4. The maximum absolute atomic E-state index is 13.0. The molecule has 3 nitrogen and oxygen atoms in total. The predicted molar refractivity (Wildman–Crippen MR) is 82.8 cm³/mol. The number of phenolic OH excluding ortho intramolecular Hbond substituents is 1. The highest BCUT2D eigenvalue weighted by Gasteiger charge is 2.06. The van der Waals surface area contributed by atoms with Gasteiger partial charge in [0, 0.05) is 22.7 Å². The zero-order chi connectivity index (χ0) is 15.5. The van der Waals surface area contributed by atoms with Gasteiger partial charge in [-0.2, -0.15) is 0 Å². The van der Waals surface area contributed by atoms with Crippen LogP contribution in [0.3, 0.4) is 0 Å². The topological polar surface area (TPSA) is 42.4 Å². The van der Waals surface area contributed by atoms with Gasteiger partial charge in [-0.25, -0.2) is 9.37 Å². The highest BCUT2D eigenvalue weighted by atomic mass is 35.5. The quantitative estimate of drug-likeness (QED) is 0.736. The standard InChI is InChI=1S/C17H11ClFNO2/c18-12-6-4-11(5-7-12)15-2-1-3-17(20-15)22-13-8-9-14(19)16(21)10-13/h1-10,21H. The summed E-state index contributed by atoms with van der Waals surface area (Å²) < 4.78 is 18.6. The minimum atomic E-state index is -0.699. The molecule has 0 saturated heterocycles. The molecule has 110 valence electrons. The predicted octanol–water partition coefficient (Wildman–Crippen LogP) is 5.04. The molecule has 0 saturated carbocycles. The summed E-state index contributed by atoms with van der Waals surface area (Å²) in [6, 6.07) is 16.4. The van der Waals surface area contributed by atoms with Gasteiger partial charge in [-0.05, 0) is 30.3 Å². The van der Waals surface area contributed by atoms with Crippen molar-refractivity contribution < 1.29 is 14.2 Å². The summed E-state index contributed by atoms with van der Waals surface area (Å²) in [5.74, 6) is -0.514. The maximum Gasteiger partial charge on any atom is 0.219 e. The first-order valence-corrected chi connectivity index (χ1v) is 6.89. The van der Waals surface area contributed by atoms with Crippen molar-refractivity contribution >= 4 is 11.6 Å². The zero-order valence-corrected chi connectivity index (χ0v) is 12.1. The van der Waals surface area contributed by atoms with E-state index in [0.29, 0.717) is 16.7 Å². The smallest absolute Gasteiger partial charge is 0.219 e. The normalized spacial score (nSPS) is 10.5. The summed E-state index contributed by atoms with van der Waals surface area (Å²) in [7, 11) is 0. The number of benzene rings is 2. The Bertz CT molecular complexity index is 806. The molecule has 3 aromatic rings. The molecule has 0 aliphatic carbocycles. The van der Waals surface area contributed by atoms with Crippen LogP contribution in [-0.2, 0) is 0 Å². The molecular weight excluding hydrogens is 305 g/mol. The Kier molecular flexibility index (Phi) is 3.94. The molecule has 5 heteroatoms. The fraction of sp³-hybridized carbons (Fsp3) is 0. The van der Waals surface area contributed by atoms with Crippen molar-refractivity contribution in [1.29, 1.82) is 0 Å². The van der Waals surface area contributed by atoms with Crippen LogP contribution in [0.5, 0.6) is 17.4 Å². The summed E-state index contributed by atoms with van der Waals surface area (Å²) in [4.78, 5) is 4.38. The van der Waals surface area contributed by atoms with E-state index in [1.165, 1.54) is 12.1 Å². The third-order valence-corrected chi connectivity index (χ3v) is 3.26. The SMILES string of the molecule is Oc1cc(Oc2cccc(-c3ccc(Cl)cc3)n2)ccc1F. The Morgan fingerprint density at radius 2 is 1.77 bits per heavy atom. The van der Waals surface area contributed by atoms with E-state index in [1.807, 2.05) is 18.2 Å². The molecule has 0 atom stereocenters. The van der Waals surface area contributed by atoms with Gasteiger partial charge < -0.3 is 9.84 Å². The summed E-state index contributed by atoms with van der Waals surface area (Å²) in [6.07, 6.45) is 0. The van der Waals surface area contributed by atoms with E-state index in [9.17, 15) is 9.50 Å². The van der Waals surface area contributed by atoms with Crippen LogP contribution in [0.1, 0.15) is 0 Å². The van der Waals surface area contributed by atoms with Crippen molar-refractivity contribution in [1.82, 2.24) is 4.98 Å². The lowest BCUT2D eigenvalue weighted by Gasteiger charge is -2.07. The van der Waals surface area contributed by atoms with Crippen molar-refractivity contribution in [2.24, 2.45) is 0 Å². The Morgan fingerprint density at radius 3 is 2.50 bits per heavy atom. The minimum Gasteiger partial charge on any atom is -0.505 e. The van der Waals surface area contributed by atoms with E-state index in [1.54, 1.807) is 24.3 Å². The molecule has 2 aromatic carbocycles. The lowest BCUT2D eigenvalue weighted by Crippen LogP contribution is -1.90. The molecular formula is C17H11ClFNO2. The molecule has 0 unspecified atom stereocenters. The van der Waals surface area contributed by atoms with Crippen molar-refractivity contribution in [2.75, 3.05) is 0 Å². The van der Waals surface area contributed by atoms with Crippen LogP contribution >= 0.6 is 11.6 Å². The number of aromatic nitrogens is 1. The monoisotopic (exact) mass is 315 g/mol. The molecule has 22 heavy (non-hydrogen) atoms. The zero-order valence-electron chi connectivity index (χ0n) is 11.3. The summed E-state index contributed by atoms with van der Waals surface area (Å²) in [5.41, 5.74) is 1.62. The first-order chi connectivity index (χ1) is 10.6. The number of phenols is 1. The number of rotatable bonds is 3. The molecule has 0 aliphatic heterocycles. The minimum absolute atomic E-state index is 0.305. The van der Waals surface area contributed by atoms with E-state index in [2.05, 4.69) is 4.98 Å². The molecule has 0 aliphatic rings. The van der Waals surface area contributed by atoms with Crippen LogP contribution in [0.15, 0.2) is 60.7 Å². The van der Waals surface area contributed by atoms with Crippen LogP contribution in [0.25, 0.3) is 11.3 Å². The maximum atomic E-state index is 13.0. The van der Waals surface area contributed by atoms with E-state index in [4.69, 9.17) is 16.3 Å². The number of pyridine rings is 1. The average Bonchev–Trinajstić information content (AvgIpc) is 2.52. The lowest BCUT2D eigenvalue weighted by molar-refractivity contribution is 0.418. The second-order valence-corrected chi connectivity index (χ2v) is 5.02. The number of nitrogens with zero attached hydrogens (tertiary/aromatic N) is 1. The molecule has 0 spiro atoms. The van der Waals surface area contributed by atoms with E-state index >= 15 is 0 Å². The molecule has 3 rings (SSSR count). The number of halogens is 2. The highest BCUT2D eigenvalue weighted by molar-refractivity contribution is 6.30. The van der Waals surface area contributed by atoms with E-state index in [0.717, 1.165) is 17.3 Å². The second-order valence-electron chi connectivity index (χ2n) is 4.58. The van der Waals surface area contributed by atoms with Crippen LogP contribution in [-0.4, -0.2) is 10.1 Å². The third-order valence-electron chi connectivity index (χ3n) is 3.00. The summed E-state index contributed by atoms with van der Waals surface area (Å²) >= 11 is 5.87. The van der Waals surface area contributed by atoms with Crippen molar-refractivity contribution in [3.8, 4) is 28.6 Å². The number of aromatic hydroxyl groups is 1. The van der Waals surface area contributed by atoms with E-state index in [-0.39, 0.29) is 0 Å². The number of hydrogen-bond acceptors (Lipinski definition) is 3. The second kappa shape index (κ2) is 6.03. The van der Waals surface area contributed by atoms with Gasteiger partial charge in [-0.3, -0.25) is 0 Å². The first-order valence-electron chi connectivity index (χ1n) is 6.51. The van der Waals surface area contributed by atoms with E-state index < -0.39 is 11.6 Å². The molecule has 1 aromatic heterocycles. The average molecular weight is 316 g/mol. The van der Waals surface area contributed by atoms with Gasteiger partial charge in [0.05, 0.1) is 5.69 Å². The van der Waals surface area contributed by atoms with Crippen LogP contribution < -0.4 is 4.74 Å². The lowest BCUT2D eigenvalue weighted by atomic mass is 10.1.